The predicted molar refractivity (Wildman–Crippen MR) is 220 cm³/mol. The molecule has 2 aromatic carbocycles. The van der Waals surface area contributed by atoms with Crippen LogP contribution in [0.5, 0.6) is 0 Å². The van der Waals surface area contributed by atoms with Gasteiger partial charge in [-0.2, -0.15) is 0 Å². The lowest BCUT2D eigenvalue weighted by Crippen LogP contribution is -2.52. The molecule has 18 heteroatoms. The minimum Gasteiger partial charge on any atom is -0.368 e. The summed E-state index contributed by atoms with van der Waals surface area (Å²) in [4.78, 5) is 101. The smallest absolute Gasteiger partial charge is 0.242 e. The largest absolute Gasteiger partial charge is 0.368 e. The predicted octanol–water partition coefficient (Wildman–Crippen LogP) is -1.74. The molecule has 0 aliphatic carbocycles. The van der Waals surface area contributed by atoms with E-state index in [9.17, 15) is 33.6 Å². The lowest BCUT2D eigenvalue weighted by atomic mass is 10.2. The molecule has 0 aliphatic heterocycles. The van der Waals surface area contributed by atoms with Gasteiger partial charge in [-0.15, -0.1) is 0 Å². The molecule has 0 unspecified atom stereocenters. The molecule has 7 amide bonds. The Morgan fingerprint density at radius 3 is 1.00 bits per heavy atom. The number of nitrogens with zero attached hydrogens (tertiary/aromatic N) is 6. The molecule has 18 nitrogen and oxygen atoms in total. The Morgan fingerprint density at radius 2 is 0.690 bits per heavy atom. The number of rotatable bonds is 28. The molecule has 2 rings (SSSR count). The number of benzene rings is 2. The number of primary amides is 1. The van der Waals surface area contributed by atoms with Gasteiger partial charge < -0.3 is 58.1 Å². The Morgan fingerprint density at radius 1 is 0.414 bits per heavy atom. The molecule has 0 atom stereocenters. The second-order valence-corrected chi connectivity index (χ2v) is 13.9. The van der Waals surface area contributed by atoms with Crippen LogP contribution in [0.15, 0.2) is 60.7 Å². The molecule has 0 aliphatic rings. The zero-order valence-electron chi connectivity index (χ0n) is 33.8. The van der Waals surface area contributed by atoms with Gasteiger partial charge in [0, 0.05) is 46.2 Å². The van der Waals surface area contributed by atoms with Crippen molar-refractivity contribution in [2.75, 3.05) is 91.6 Å². The van der Waals surface area contributed by atoms with E-state index in [1.54, 1.807) is 24.3 Å². The van der Waals surface area contributed by atoms with Crippen molar-refractivity contribution in [3.63, 3.8) is 0 Å². The van der Waals surface area contributed by atoms with Gasteiger partial charge in [-0.1, -0.05) is 60.7 Å². The maximum Gasteiger partial charge on any atom is 0.242 e. The fourth-order valence-electron chi connectivity index (χ4n) is 5.93. The summed E-state index contributed by atoms with van der Waals surface area (Å²) in [6, 6.07) is 18.1. The minimum atomic E-state index is -0.716. The molecule has 0 bridgehead atoms. The van der Waals surface area contributed by atoms with Crippen LogP contribution in [-0.2, 0) is 46.7 Å². The van der Waals surface area contributed by atoms with E-state index in [-0.39, 0.29) is 84.4 Å². The highest BCUT2D eigenvalue weighted by atomic mass is 16.2. The third kappa shape index (κ3) is 18.2. The molecule has 0 spiro atoms. The van der Waals surface area contributed by atoms with E-state index in [1.807, 2.05) is 36.4 Å². The van der Waals surface area contributed by atoms with Crippen LogP contribution in [-0.4, -0.2) is 162 Å². The molecule has 10 N–H and O–H groups in total. The lowest BCUT2D eigenvalue weighted by Gasteiger charge is -2.32. The van der Waals surface area contributed by atoms with Gasteiger partial charge in [0.05, 0.1) is 26.2 Å². The first-order valence-electron chi connectivity index (χ1n) is 19.6. The first kappa shape index (κ1) is 48.7. The molecule has 0 saturated heterocycles. The minimum absolute atomic E-state index is 0.00953. The van der Waals surface area contributed by atoms with Crippen molar-refractivity contribution in [3.05, 3.63) is 71.8 Å². The molecular formula is C40H63N11O7. The topological polar surface area (TPSA) is 269 Å². The van der Waals surface area contributed by atoms with Crippen molar-refractivity contribution in [2.45, 2.75) is 45.7 Å². The third-order valence-corrected chi connectivity index (χ3v) is 9.15. The van der Waals surface area contributed by atoms with Gasteiger partial charge in [0.1, 0.15) is 13.1 Å². The number of nitrogens with two attached hydrogens (primary N) is 5. The van der Waals surface area contributed by atoms with Crippen molar-refractivity contribution >= 4 is 41.4 Å². The van der Waals surface area contributed by atoms with E-state index in [4.69, 9.17) is 28.7 Å². The summed E-state index contributed by atoms with van der Waals surface area (Å²) >= 11 is 0. The molecule has 2 aromatic rings. The van der Waals surface area contributed by atoms with Crippen molar-refractivity contribution in [3.8, 4) is 0 Å². The number of carbonyl (C=O) groups is 7. The fourth-order valence-corrected chi connectivity index (χ4v) is 5.93. The standard InChI is InChI=1S/C40H63N11O7/c1-32(52)46(20-8-16-41)27-39(57)50(24-33-12-4-2-5-13-33)30-38(56)49(23-11-19-44)29-40(58)51(25-34-14-6-3-7-15-34)31-37(55)48(22-10-18-43)28-36(54)47(21-9-17-42)26-35(45)53/h2-7,12-15H,8-11,16-31,41-44H2,1H3,(H2,45,53). The first-order chi connectivity index (χ1) is 27.8. The maximum atomic E-state index is 14.2. The van der Waals surface area contributed by atoms with Crippen LogP contribution in [0.1, 0.15) is 43.7 Å². The average Bonchev–Trinajstić information content (AvgIpc) is 3.20. The Hall–Kier alpha value is -5.43. The van der Waals surface area contributed by atoms with Gasteiger partial charge >= 0.3 is 0 Å². The monoisotopic (exact) mass is 809 g/mol. The Bertz CT molecular complexity index is 1600. The van der Waals surface area contributed by atoms with E-state index in [1.165, 1.54) is 36.3 Å². The second kappa shape index (κ2) is 27.2. The lowest BCUT2D eigenvalue weighted by molar-refractivity contribution is -0.148. The molecule has 0 aromatic heterocycles. The highest BCUT2D eigenvalue weighted by Gasteiger charge is 2.29. The summed E-state index contributed by atoms with van der Waals surface area (Å²) < 4.78 is 0. The van der Waals surface area contributed by atoms with Crippen molar-refractivity contribution in [1.29, 1.82) is 0 Å². The summed E-state index contributed by atoms with van der Waals surface area (Å²) in [6.45, 7) is 0.859. The summed E-state index contributed by atoms with van der Waals surface area (Å²) in [7, 11) is 0. The normalized spacial score (nSPS) is 10.7. The summed E-state index contributed by atoms with van der Waals surface area (Å²) in [6.07, 6.45) is 1.62. The van der Waals surface area contributed by atoms with E-state index in [2.05, 4.69) is 0 Å². The van der Waals surface area contributed by atoms with Crippen molar-refractivity contribution in [1.82, 2.24) is 29.4 Å². The quantitative estimate of drug-likeness (QED) is 0.0644. The van der Waals surface area contributed by atoms with Gasteiger partial charge in [0.25, 0.3) is 0 Å². The summed E-state index contributed by atoms with van der Waals surface area (Å²) in [5.74, 6) is -3.64. The van der Waals surface area contributed by atoms with Crippen LogP contribution >= 0.6 is 0 Å². The zero-order chi connectivity index (χ0) is 42.9. The molecule has 0 fully saturated rings. The number of amides is 7. The highest BCUT2D eigenvalue weighted by molar-refractivity contribution is 5.92. The number of hydrogen-bond acceptors (Lipinski definition) is 11. The highest BCUT2D eigenvalue weighted by Crippen LogP contribution is 2.11. The van der Waals surface area contributed by atoms with Gasteiger partial charge in [-0.05, 0) is 63.0 Å². The Balaban J connectivity index is 2.41. The Kier molecular flexibility index (Phi) is 22.9. The van der Waals surface area contributed by atoms with Crippen LogP contribution in [0.25, 0.3) is 0 Å². The third-order valence-electron chi connectivity index (χ3n) is 9.15. The molecule has 58 heavy (non-hydrogen) atoms. The van der Waals surface area contributed by atoms with Crippen LogP contribution in [0.4, 0.5) is 0 Å². The summed E-state index contributed by atoms with van der Waals surface area (Å²) in [5, 5.41) is 0. The molecule has 320 valence electrons. The number of carbonyl (C=O) groups excluding carboxylic acids is 7. The van der Waals surface area contributed by atoms with Gasteiger partial charge in [-0.3, -0.25) is 33.6 Å². The van der Waals surface area contributed by atoms with Crippen LogP contribution < -0.4 is 28.7 Å². The summed E-state index contributed by atoms with van der Waals surface area (Å²) in [5.41, 5.74) is 29.7. The van der Waals surface area contributed by atoms with Crippen LogP contribution in [0.2, 0.25) is 0 Å². The van der Waals surface area contributed by atoms with Crippen molar-refractivity contribution in [2.24, 2.45) is 28.7 Å². The molecule has 0 radical (unpaired) electrons. The maximum absolute atomic E-state index is 14.2. The zero-order valence-corrected chi connectivity index (χ0v) is 33.8. The van der Waals surface area contributed by atoms with E-state index < -0.39 is 55.1 Å². The molecule has 0 heterocycles. The second-order valence-electron chi connectivity index (χ2n) is 13.9. The van der Waals surface area contributed by atoms with E-state index in [0.717, 1.165) is 5.56 Å². The van der Waals surface area contributed by atoms with E-state index >= 15 is 0 Å². The van der Waals surface area contributed by atoms with Gasteiger partial charge in [0.15, 0.2) is 0 Å². The SMILES string of the molecule is CC(=O)N(CCCN)CC(=O)N(CC(=O)N(CCCN)CC(=O)N(CC(=O)N(CCCN)CC(=O)N(CCCN)CC(N)=O)Cc1ccccc1)Cc1ccccc1. The van der Waals surface area contributed by atoms with Crippen LogP contribution in [0.3, 0.4) is 0 Å². The van der Waals surface area contributed by atoms with Gasteiger partial charge in [-0.25, -0.2) is 0 Å². The van der Waals surface area contributed by atoms with Crippen molar-refractivity contribution < 1.29 is 33.6 Å². The number of hydrogen-bond donors (Lipinski definition) is 5. The first-order valence-corrected chi connectivity index (χ1v) is 19.6. The molecule has 0 saturated carbocycles. The van der Waals surface area contributed by atoms with Gasteiger partial charge in [0.2, 0.25) is 41.4 Å². The average molecular weight is 810 g/mol. The Labute approximate surface area is 341 Å². The fraction of sp³-hybridized carbons (Fsp3) is 0.525. The van der Waals surface area contributed by atoms with Crippen LogP contribution in [0, 0.1) is 0 Å². The molecular weight excluding hydrogens is 747 g/mol. The van der Waals surface area contributed by atoms with E-state index in [0.29, 0.717) is 37.8 Å².